The van der Waals surface area contributed by atoms with Crippen molar-refractivity contribution in [1.29, 1.82) is 0 Å². The molecule has 3 rings (SSSR count). The second-order valence-corrected chi connectivity index (χ2v) is 5.17. The molecule has 2 atom stereocenters. The molecule has 0 bridgehead atoms. The quantitative estimate of drug-likeness (QED) is 0.862. The SMILES string of the molecule is CNC(c1ccc2ncoc2c1)C1CN(C)CCN1. The number of benzene rings is 1. The van der Waals surface area contributed by atoms with E-state index in [1.54, 1.807) is 0 Å². The number of nitrogens with one attached hydrogen (secondary N) is 2. The van der Waals surface area contributed by atoms with Gasteiger partial charge >= 0.3 is 0 Å². The summed E-state index contributed by atoms with van der Waals surface area (Å²) in [5.74, 6) is 0. The van der Waals surface area contributed by atoms with Gasteiger partial charge in [0.05, 0.1) is 0 Å². The van der Waals surface area contributed by atoms with Crippen LogP contribution in [0.3, 0.4) is 0 Å². The van der Waals surface area contributed by atoms with Crippen molar-refractivity contribution in [3.05, 3.63) is 30.2 Å². The molecule has 2 heterocycles. The standard InChI is InChI=1S/C14H20N4O/c1-15-14(12-8-18(2)6-5-16-12)10-3-4-11-13(7-10)19-9-17-11/h3-4,7,9,12,14-16H,5-6,8H2,1-2H3. The van der Waals surface area contributed by atoms with Gasteiger partial charge in [-0.3, -0.25) is 0 Å². The van der Waals surface area contributed by atoms with E-state index in [0.29, 0.717) is 6.04 Å². The van der Waals surface area contributed by atoms with Crippen molar-refractivity contribution in [3.63, 3.8) is 0 Å². The van der Waals surface area contributed by atoms with Gasteiger partial charge in [0.1, 0.15) is 5.52 Å². The predicted octanol–water partition coefficient (Wildman–Crippen LogP) is 0.992. The summed E-state index contributed by atoms with van der Waals surface area (Å²) in [5.41, 5.74) is 2.99. The second-order valence-electron chi connectivity index (χ2n) is 5.17. The molecule has 2 N–H and O–H groups in total. The number of oxazole rings is 1. The molecule has 5 heteroatoms. The number of piperazine rings is 1. The Kier molecular flexibility index (Phi) is 3.50. The van der Waals surface area contributed by atoms with Crippen molar-refractivity contribution < 1.29 is 4.42 Å². The number of hydrogen-bond acceptors (Lipinski definition) is 5. The summed E-state index contributed by atoms with van der Waals surface area (Å²) in [6.45, 7) is 3.18. The maximum Gasteiger partial charge on any atom is 0.181 e. The lowest BCUT2D eigenvalue weighted by molar-refractivity contribution is 0.210. The molecule has 2 unspecified atom stereocenters. The number of nitrogens with zero attached hydrogens (tertiary/aromatic N) is 2. The monoisotopic (exact) mass is 260 g/mol. The van der Waals surface area contributed by atoms with Crippen molar-refractivity contribution in [2.24, 2.45) is 0 Å². The van der Waals surface area contributed by atoms with Gasteiger partial charge < -0.3 is 20.0 Å². The van der Waals surface area contributed by atoms with E-state index in [-0.39, 0.29) is 6.04 Å². The molecule has 2 aromatic rings. The van der Waals surface area contributed by atoms with Crippen molar-refractivity contribution in [3.8, 4) is 0 Å². The highest BCUT2D eigenvalue weighted by atomic mass is 16.3. The molecule has 1 aliphatic heterocycles. The molecule has 1 aromatic heterocycles. The largest absolute Gasteiger partial charge is 0.443 e. The van der Waals surface area contributed by atoms with Gasteiger partial charge in [0.2, 0.25) is 0 Å². The van der Waals surface area contributed by atoms with Crippen molar-refractivity contribution >= 4 is 11.1 Å². The molecule has 0 aliphatic carbocycles. The summed E-state index contributed by atoms with van der Waals surface area (Å²) in [6, 6.07) is 6.91. The van der Waals surface area contributed by atoms with E-state index in [0.717, 1.165) is 30.7 Å². The summed E-state index contributed by atoms with van der Waals surface area (Å²) >= 11 is 0. The number of likely N-dealkylation sites (N-methyl/N-ethyl adjacent to an activating group) is 2. The van der Waals surface area contributed by atoms with Gasteiger partial charge in [-0.05, 0) is 31.8 Å². The van der Waals surface area contributed by atoms with Crippen molar-refractivity contribution in [1.82, 2.24) is 20.5 Å². The number of aromatic nitrogens is 1. The lowest BCUT2D eigenvalue weighted by Crippen LogP contribution is -2.54. The van der Waals surface area contributed by atoms with Crippen LogP contribution < -0.4 is 10.6 Å². The third kappa shape index (κ3) is 2.49. The van der Waals surface area contributed by atoms with Crippen molar-refractivity contribution in [2.45, 2.75) is 12.1 Å². The average Bonchev–Trinajstić information content (AvgIpc) is 2.87. The summed E-state index contributed by atoms with van der Waals surface area (Å²) < 4.78 is 5.39. The fraction of sp³-hybridized carbons (Fsp3) is 0.500. The van der Waals surface area contributed by atoms with Crippen LogP contribution in [0.2, 0.25) is 0 Å². The molecule has 1 fully saturated rings. The fourth-order valence-electron chi connectivity index (χ4n) is 2.82. The van der Waals surface area contributed by atoms with Crippen LogP contribution in [0.25, 0.3) is 11.1 Å². The summed E-state index contributed by atoms with van der Waals surface area (Å²) in [6.07, 6.45) is 1.50. The highest BCUT2D eigenvalue weighted by molar-refractivity contribution is 5.72. The Morgan fingerprint density at radius 2 is 2.42 bits per heavy atom. The Morgan fingerprint density at radius 1 is 1.53 bits per heavy atom. The van der Waals surface area contributed by atoms with E-state index in [1.807, 2.05) is 13.1 Å². The maximum absolute atomic E-state index is 5.39. The van der Waals surface area contributed by atoms with Gasteiger partial charge in [-0.25, -0.2) is 4.98 Å². The van der Waals surface area contributed by atoms with Crippen molar-refractivity contribution in [2.75, 3.05) is 33.7 Å². The molecule has 5 nitrogen and oxygen atoms in total. The van der Waals surface area contributed by atoms with Crippen LogP contribution in [0.15, 0.2) is 29.0 Å². The first kappa shape index (κ1) is 12.6. The predicted molar refractivity (Wildman–Crippen MR) is 75.1 cm³/mol. The van der Waals surface area contributed by atoms with Crippen LogP contribution >= 0.6 is 0 Å². The molecule has 0 spiro atoms. The molecule has 102 valence electrons. The van der Waals surface area contributed by atoms with E-state index in [1.165, 1.54) is 12.0 Å². The zero-order valence-corrected chi connectivity index (χ0v) is 11.4. The zero-order valence-electron chi connectivity index (χ0n) is 11.4. The molecule has 0 radical (unpaired) electrons. The van der Waals surface area contributed by atoms with Crippen LogP contribution in [-0.4, -0.2) is 49.7 Å². The van der Waals surface area contributed by atoms with Gasteiger partial charge in [-0.15, -0.1) is 0 Å². The number of rotatable bonds is 3. The van der Waals surface area contributed by atoms with E-state index in [4.69, 9.17) is 4.42 Å². The van der Waals surface area contributed by atoms with Crippen LogP contribution in [0, 0.1) is 0 Å². The first-order chi connectivity index (χ1) is 9.28. The van der Waals surface area contributed by atoms with E-state index in [2.05, 4.69) is 39.7 Å². The Balaban J connectivity index is 1.87. The first-order valence-electron chi connectivity index (χ1n) is 6.70. The van der Waals surface area contributed by atoms with Crippen LogP contribution in [0.4, 0.5) is 0 Å². The highest BCUT2D eigenvalue weighted by Crippen LogP contribution is 2.23. The van der Waals surface area contributed by atoms with E-state index >= 15 is 0 Å². The van der Waals surface area contributed by atoms with Crippen LogP contribution in [0.5, 0.6) is 0 Å². The minimum Gasteiger partial charge on any atom is -0.443 e. The third-order valence-corrected chi connectivity index (χ3v) is 3.84. The Hall–Kier alpha value is -1.43. The Bertz CT molecular complexity index is 553. The molecule has 1 aromatic carbocycles. The third-order valence-electron chi connectivity index (χ3n) is 3.84. The van der Waals surface area contributed by atoms with Gasteiger partial charge in [-0.2, -0.15) is 0 Å². The minimum absolute atomic E-state index is 0.275. The first-order valence-corrected chi connectivity index (χ1v) is 6.70. The normalized spacial score (nSPS) is 22.7. The minimum atomic E-state index is 0.275. The number of fused-ring (bicyclic) bond motifs is 1. The van der Waals surface area contributed by atoms with E-state index in [9.17, 15) is 0 Å². The van der Waals surface area contributed by atoms with Crippen LogP contribution in [0.1, 0.15) is 11.6 Å². The smallest absolute Gasteiger partial charge is 0.181 e. The zero-order chi connectivity index (χ0) is 13.2. The topological polar surface area (TPSA) is 53.3 Å². The molecule has 0 saturated carbocycles. The van der Waals surface area contributed by atoms with Gasteiger partial charge in [0.15, 0.2) is 12.0 Å². The molecular formula is C14H20N4O. The lowest BCUT2D eigenvalue weighted by Gasteiger charge is -2.36. The summed E-state index contributed by atoms with van der Waals surface area (Å²) in [4.78, 5) is 6.52. The number of hydrogen-bond donors (Lipinski definition) is 2. The molecular weight excluding hydrogens is 240 g/mol. The molecule has 0 amide bonds. The lowest BCUT2D eigenvalue weighted by atomic mass is 9.97. The molecule has 1 saturated heterocycles. The maximum atomic E-state index is 5.39. The molecule has 19 heavy (non-hydrogen) atoms. The Labute approximate surface area is 113 Å². The average molecular weight is 260 g/mol. The fourth-order valence-corrected chi connectivity index (χ4v) is 2.82. The highest BCUT2D eigenvalue weighted by Gasteiger charge is 2.25. The van der Waals surface area contributed by atoms with Gasteiger partial charge in [0, 0.05) is 31.7 Å². The van der Waals surface area contributed by atoms with Gasteiger partial charge in [0.25, 0.3) is 0 Å². The molecule has 1 aliphatic rings. The summed E-state index contributed by atoms with van der Waals surface area (Å²) in [5, 5.41) is 7.00. The van der Waals surface area contributed by atoms with Gasteiger partial charge in [-0.1, -0.05) is 6.07 Å². The summed E-state index contributed by atoms with van der Waals surface area (Å²) in [7, 11) is 4.17. The second kappa shape index (κ2) is 5.28. The van der Waals surface area contributed by atoms with E-state index < -0.39 is 0 Å². The van der Waals surface area contributed by atoms with Crippen LogP contribution in [-0.2, 0) is 0 Å². The Morgan fingerprint density at radius 3 is 3.21 bits per heavy atom.